The van der Waals surface area contributed by atoms with Crippen LogP contribution in [0.3, 0.4) is 0 Å². The van der Waals surface area contributed by atoms with E-state index >= 15 is 0 Å². The molecule has 0 aliphatic rings. The third-order valence-electron chi connectivity index (χ3n) is 4.37. The van der Waals surface area contributed by atoms with Crippen LogP contribution in [-0.4, -0.2) is 49.1 Å². The molecule has 2 heterocycles. The second-order valence-electron chi connectivity index (χ2n) is 6.62. The first kappa shape index (κ1) is 22.4. The van der Waals surface area contributed by atoms with Crippen LogP contribution in [0.1, 0.15) is 17.0 Å². The zero-order chi connectivity index (χ0) is 19.9. The fourth-order valence-electron chi connectivity index (χ4n) is 3.05. The Hall–Kier alpha value is -1.87. The Morgan fingerprint density at radius 1 is 1.25 bits per heavy atom. The van der Waals surface area contributed by atoms with E-state index in [0.717, 1.165) is 17.0 Å². The molecule has 0 saturated heterocycles. The second kappa shape index (κ2) is 8.24. The molecule has 0 amide bonds. The summed E-state index contributed by atoms with van der Waals surface area (Å²) in [6, 6.07) is 6.19. The van der Waals surface area contributed by atoms with Gasteiger partial charge in [0, 0.05) is 35.6 Å². The van der Waals surface area contributed by atoms with Crippen molar-refractivity contribution in [3.63, 3.8) is 0 Å². The minimum absolute atomic E-state index is 0. The van der Waals surface area contributed by atoms with Crippen molar-refractivity contribution in [2.75, 3.05) is 26.5 Å². The number of hydrogen-bond acceptors (Lipinski definition) is 6. The lowest BCUT2D eigenvalue weighted by atomic mass is 10.1. The third kappa shape index (κ3) is 3.82. The van der Waals surface area contributed by atoms with Gasteiger partial charge in [0.2, 0.25) is 9.84 Å². The molecule has 0 atom stereocenters. The topological polar surface area (TPSA) is 79.6 Å². The molecule has 2 aromatic heterocycles. The van der Waals surface area contributed by atoms with Gasteiger partial charge in [-0.05, 0) is 46.1 Å². The van der Waals surface area contributed by atoms with E-state index in [4.69, 9.17) is 11.6 Å². The number of aryl methyl sites for hydroxylation is 2. The maximum Gasteiger partial charge on any atom is 0.214 e. The van der Waals surface area contributed by atoms with Gasteiger partial charge >= 0.3 is 0 Å². The van der Waals surface area contributed by atoms with Gasteiger partial charge in [0.1, 0.15) is 0 Å². The molecular weight excluding hydrogens is 421 g/mol. The Bertz CT molecular complexity index is 1130. The Balaban J connectivity index is 0.00000280. The van der Waals surface area contributed by atoms with Crippen molar-refractivity contribution >= 4 is 45.3 Å². The normalized spacial score (nSPS) is 11.7. The number of sulfone groups is 1. The molecule has 0 unspecified atom stereocenters. The fourth-order valence-corrected chi connectivity index (χ4v) is 4.85. The molecule has 0 aliphatic carbocycles. The zero-order valence-corrected chi connectivity index (χ0v) is 18.7. The van der Waals surface area contributed by atoms with Crippen LogP contribution >= 0.6 is 24.0 Å². The van der Waals surface area contributed by atoms with E-state index in [9.17, 15) is 8.42 Å². The van der Waals surface area contributed by atoms with Crippen LogP contribution in [0.4, 0.5) is 5.82 Å². The Labute approximate surface area is 176 Å². The maximum atomic E-state index is 13.3. The highest BCUT2D eigenvalue weighted by molar-refractivity contribution is 7.91. The average Bonchev–Trinajstić information content (AvgIpc) is 2.97. The number of nitrogens with zero attached hydrogens (tertiary/aromatic N) is 4. The number of nitrogens with one attached hydrogen (secondary N) is 1. The number of rotatable bonds is 5. The number of aromatic nitrogens is 3. The molecule has 3 rings (SSSR count). The first-order valence-electron chi connectivity index (χ1n) is 8.38. The van der Waals surface area contributed by atoms with Crippen LogP contribution in [0, 0.1) is 13.8 Å². The van der Waals surface area contributed by atoms with Crippen molar-refractivity contribution in [1.29, 1.82) is 0 Å². The van der Waals surface area contributed by atoms with Gasteiger partial charge in [-0.15, -0.1) is 17.5 Å². The Morgan fingerprint density at radius 3 is 2.50 bits per heavy atom. The molecule has 1 N–H and O–H groups in total. The van der Waals surface area contributed by atoms with Crippen molar-refractivity contribution in [2.45, 2.75) is 30.2 Å². The number of anilines is 1. The van der Waals surface area contributed by atoms with Gasteiger partial charge in [-0.1, -0.05) is 17.7 Å². The van der Waals surface area contributed by atoms with Gasteiger partial charge in [-0.25, -0.2) is 17.9 Å². The third-order valence-corrected chi connectivity index (χ3v) is 6.39. The van der Waals surface area contributed by atoms with E-state index in [2.05, 4.69) is 15.4 Å². The Kier molecular flexibility index (Phi) is 6.60. The molecule has 0 aliphatic heterocycles. The summed E-state index contributed by atoms with van der Waals surface area (Å²) in [6.07, 6.45) is 0. The quantitative estimate of drug-likeness (QED) is 0.650. The average molecular weight is 444 g/mol. The highest BCUT2D eigenvalue weighted by atomic mass is 35.5. The molecule has 10 heteroatoms. The minimum atomic E-state index is -3.86. The number of benzene rings is 1. The Morgan fingerprint density at radius 2 is 1.93 bits per heavy atom. The van der Waals surface area contributed by atoms with Gasteiger partial charge in [0.15, 0.2) is 16.4 Å². The molecule has 7 nitrogen and oxygen atoms in total. The molecule has 0 spiro atoms. The summed E-state index contributed by atoms with van der Waals surface area (Å²) in [7, 11) is 1.73. The summed E-state index contributed by atoms with van der Waals surface area (Å²) in [5, 5.41) is 7.71. The first-order chi connectivity index (χ1) is 12.7. The zero-order valence-electron chi connectivity index (χ0n) is 16.3. The standard InChI is InChI=1S/C18H22ClN5O2S.ClH/c1-11-15(10-23(4)5)12(2)24-18(21-11)16(17(20-3)22-24)27(25,26)14-8-6-7-13(19)9-14;/h6-9H,10H2,1-5H3,(H,20,22);1H. The van der Waals surface area contributed by atoms with Crippen LogP contribution in [0.2, 0.25) is 5.02 Å². The number of halogens is 2. The molecule has 152 valence electrons. The first-order valence-corrected chi connectivity index (χ1v) is 10.2. The largest absolute Gasteiger partial charge is 0.370 e. The summed E-state index contributed by atoms with van der Waals surface area (Å²) >= 11 is 6.00. The van der Waals surface area contributed by atoms with E-state index in [1.165, 1.54) is 12.1 Å². The summed E-state index contributed by atoms with van der Waals surface area (Å²) in [5.74, 6) is 0.256. The van der Waals surface area contributed by atoms with E-state index in [1.54, 1.807) is 23.7 Å². The van der Waals surface area contributed by atoms with Crippen molar-refractivity contribution < 1.29 is 8.42 Å². The van der Waals surface area contributed by atoms with Crippen LogP contribution in [0.5, 0.6) is 0 Å². The molecule has 0 saturated carbocycles. The second-order valence-corrected chi connectivity index (χ2v) is 8.95. The van der Waals surface area contributed by atoms with Gasteiger partial charge in [0.25, 0.3) is 0 Å². The van der Waals surface area contributed by atoms with Crippen LogP contribution in [-0.2, 0) is 16.4 Å². The van der Waals surface area contributed by atoms with E-state index in [-0.39, 0.29) is 28.0 Å². The van der Waals surface area contributed by atoms with Crippen LogP contribution in [0.25, 0.3) is 5.65 Å². The molecule has 0 fully saturated rings. The van der Waals surface area contributed by atoms with Crippen molar-refractivity contribution in [3.05, 3.63) is 46.2 Å². The predicted octanol–water partition coefficient (Wildman–Crippen LogP) is 3.36. The molecule has 28 heavy (non-hydrogen) atoms. The molecule has 0 radical (unpaired) electrons. The summed E-state index contributed by atoms with van der Waals surface area (Å²) in [5.41, 5.74) is 2.95. The molecular formula is C18H23Cl2N5O2S. The van der Waals surface area contributed by atoms with E-state index in [0.29, 0.717) is 17.2 Å². The van der Waals surface area contributed by atoms with E-state index in [1.807, 2.05) is 32.8 Å². The monoisotopic (exact) mass is 443 g/mol. The number of hydrogen-bond donors (Lipinski definition) is 1. The minimum Gasteiger partial charge on any atom is -0.370 e. The van der Waals surface area contributed by atoms with Crippen LogP contribution < -0.4 is 5.32 Å². The van der Waals surface area contributed by atoms with Gasteiger partial charge < -0.3 is 10.2 Å². The van der Waals surface area contributed by atoms with Gasteiger partial charge in [-0.3, -0.25) is 0 Å². The summed E-state index contributed by atoms with van der Waals surface area (Å²) < 4.78 is 28.2. The fraction of sp³-hybridized carbons (Fsp3) is 0.333. The summed E-state index contributed by atoms with van der Waals surface area (Å²) in [4.78, 5) is 6.79. The molecule has 1 aromatic carbocycles. The number of fused-ring (bicyclic) bond motifs is 1. The van der Waals surface area contributed by atoms with E-state index < -0.39 is 9.84 Å². The SMILES string of the molecule is CNc1nn2c(C)c(CN(C)C)c(C)nc2c1S(=O)(=O)c1cccc(Cl)c1.Cl. The van der Waals surface area contributed by atoms with Gasteiger partial charge in [0.05, 0.1) is 4.90 Å². The van der Waals surface area contributed by atoms with Crippen molar-refractivity contribution in [1.82, 2.24) is 19.5 Å². The van der Waals surface area contributed by atoms with Gasteiger partial charge in [-0.2, -0.15) is 0 Å². The van der Waals surface area contributed by atoms with Crippen molar-refractivity contribution in [2.24, 2.45) is 0 Å². The smallest absolute Gasteiger partial charge is 0.214 e. The maximum absolute atomic E-state index is 13.3. The lowest BCUT2D eigenvalue weighted by molar-refractivity contribution is 0.398. The highest BCUT2D eigenvalue weighted by Gasteiger charge is 2.30. The summed E-state index contributed by atoms with van der Waals surface area (Å²) in [6.45, 7) is 4.49. The highest BCUT2D eigenvalue weighted by Crippen LogP contribution is 2.32. The molecule has 0 bridgehead atoms. The predicted molar refractivity (Wildman–Crippen MR) is 114 cm³/mol. The molecule has 3 aromatic rings. The van der Waals surface area contributed by atoms with Crippen molar-refractivity contribution in [3.8, 4) is 0 Å². The lowest BCUT2D eigenvalue weighted by Gasteiger charge is -2.15. The lowest BCUT2D eigenvalue weighted by Crippen LogP contribution is -2.16. The van der Waals surface area contributed by atoms with Crippen LogP contribution in [0.15, 0.2) is 34.1 Å².